The summed E-state index contributed by atoms with van der Waals surface area (Å²) in [6.07, 6.45) is 7.86. The van der Waals surface area contributed by atoms with Crippen LogP contribution in [0.25, 0.3) is 11.2 Å². The van der Waals surface area contributed by atoms with Crippen molar-refractivity contribution in [1.29, 1.82) is 0 Å². The Morgan fingerprint density at radius 2 is 2.31 bits per heavy atom. The maximum Gasteiger partial charge on any atom is 0.299 e. The van der Waals surface area contributed by atoms with Gasteiger partial charge in [-0.15, -0.1) is 0 Å². The number of anilines is 1. The molecule has 4 heterocycles. The van der Waals surface area contributed by atoms with Gasteiger partial charge in [0.05, 0.1) is 6.54 Å². The number of imidazole rings is 1. The molecule has 3 aromatic heterocycles. The average Bonchev–Trinajstić information content (AvgIpc) is 3.26. The molecule has 4 rings (SSSR count). The van der Waals surface area contributed by atoms with Gasteiger partial charge in [-0.2, -0.15) is 4.98 Å². The average molecular weight is 354 g/mol. The zero-order chi connectivity index (χ0) is 17.9. The van der Waals surface area contributed by atoms with E-state index in [2.05, 4.69) is 25.2 Å². The summed E-state index contributed by atoms with van der Waals surface area (Å²) in [7, 11) is 1.92. The number of nitrogens with one attached hydrogen (secondary N) is 1. The number of pyridine rings is 1. The first kappa shape index (κ1) is 16.6. The van der Waals surface area contributed by atoms with Crippen molar-refractivity contribution >= 4 is 23.2 Å². The Labute approximate surface area is 151 Å². The van der Waals surface area contributed by atoms with E-state index in [9.17, 15) is 4.79 Å². The van der Waals surface area contributed by atoms with Gasteiger partial charge in [0.2, 0.25) is 11.6 Å². The second-order valence-electron chi connectivity index (χ2n) is 6.71. The summed E-state index contributed by atoms with van der Waals surface area (Å²) >= 11 is 0. The molecule has 0 spiro atoms. The van der Waals surface area contributed by atoms with Gasteiger partial charge in [0.15, 0.2) is 5.58 Å². The molecule has 0 saturated carbocycles. The van der Waals surface area contributed by atoms with E-state index in [4.69, 9.17) is 4.42 Å². The van der Waals surface area contributed by atoms with Gasteiger partial charge < -0.3 is 19.2 Å². The minimum absolute atomic E-state index is 0.0547. The van der Waals surface area contributed by atoms with E-state index in [1.807, 2.05) is 29.9 Å². The molecule has 26 heavy (non-hydrogen) atoms. The number of carbonyl (C=O) groups excluding carboxylic acids is 1. The van der Waals surface area contributed by atoms with Gasteiger partial charge in [-0.3, -0.25) is 4.79 Å². The number of hydrogen-bond donors (Lipinski definition) is 1. The van der Waals surface area contributed by atoms with Crippen LogP contribution >= 0.6 is 0 Å². The first-order valence-corrected chi connectivity index (χ1v) is 8.88. The number of amides is 1. The standard InChI is InChI=1S/C18H22N6O2/c1-23-9-7-19-15(23)11-21-16(25)10-13-4-3-8-24(12-13)18-22-17-14(26-18)5-2-6-20-17/h2,5-7,9,13H,3-4,8,10-12H2,1H3,(H,21,25). The number of fused-ring (bicyclic) bond motifs is 1. The molecule has 1 aliphatic rings. The van der Waals surface area contributed by atoms with E-state index in [1.54, 1.807) is 12.4 Å². The summed E-state index contributed by atoms with van der Waals surface area (Å²) in [6.45, 7) is 2.11. The highest BCUT2D eigenvalue weighted by atomic mass is 16.4. The fourth-order valence-electron chi connectivity index (χ4n) is 3.38. The van der Waals surface area contributed by atoms with Crippen molar-refractivity contribution in [3.8, 4) is 0 Å². The Kier molecular flexibility index (Phi) is 4.55. The van der Waals surface area contributed by atoms with Crippen LogP contribution in [-0.4, -0.2) is 38.5 Å². The SMILES string of the molecule is Cn1ccnc1CNC(=O)CC1CCCN(c2nc3ncccc3o2)C1. The van der Waals surface area contributed by atoms with Gasteiger partial charge in [0, 0.05) is 45.1 Å². The quantitative estimate of drug-likeness (QED) is 0.752. The second-order valence-corrected chi connectivity index (χ2v) is 6.71. The number of aryl methyl sites for hydroxylation is 1. The molecule has 1 atom stereocenters. The van der Waals surface area contributed by atoms with Crippen molar-refractivity contribution in [2.75, 3.05) is 18.0 Å². The van der Waals surface area contributed by atoms with Crippen LogP contribution < -0.4 is 10.2 Å². The largest absolute Gasteiger partial charge is 0.422 e. The highest BCUT2D eigenvalue weighted by molar-refractivity contribution is 5.76. The van der Waals surface area contributed by atoms with Crippen molar-refractivity contribution in [1.82, 2.24) is 24.8 Å². The minimum Gasteiger partial charge on any atom is -0.422 e. The molecule has 0 aliphatic carbocycles. The zero-order valence-electron chi connectivity index (χ0n) is 14.8. The minimum atomic E-state index is 0.0547. The molecule has 1 amide bonds. The molecule has 0 radical (unpaired) electrons. The van der Waals surface area contributed by atoms with Crippen LogP contribution in [0.1, 0.15) is 25.1 Å². The van der Waals surface area contributed by atoms with Crippen LogP contribution in [0.3, 0.4) is 0 Å². The molecular formula is C18H22N6O2. The van der Waals surface area contributed by atoms with Gasteiger partial charge in [-0.05, 0) is 30.9 Å². The van der Waals surface area contributed by atoms with Crippen LogP contribution in [0.15, 0.2) is 35.1 Å². The van der Waals surface area contributed by atoms with Crippen LogP contribution in [0, 0.1) is 5.92 Å². The Balaban J connectivity index is 1.34. The van der Waals surface area contributed by atoms with Crippen molar-refractivity contribution < 1.29 is 9.21 Å². The number of aromatic nitrogens is 4. The van der Waals surface area contributed by atoms with E-state index < -0.39 is 0 Å². The molecule has 1 fully saturated rings. The summed E-state index contributed by atoms with van der Waals surface area (Å²) in [6, 6.07) is 4.30. The zero-order valence-corrected chi connectivity index (χ0v) is 14.8. The third kappa shape index (κ3) is 3.54. The summed E-state index contributed by atoms with van der Waals surface area (Å²) in [4.78, 5) is 27.3. The second kappa shape index (κ2) is 7.15. The van der Waals surface area contributed by atoms with Crippen molar-refractivity contribution in [2.45, 2.75) is 25.8 Å². The van der Waals surface area contributed by atoms with Gasteiger partial charge in [0.1, 0.15) is 5.82 Å². The highest BCUT2D eigenvalue weighted by Gasteiger charge is 2.25. The molecule has 136 valence electrons. The number of rotatable bonds is 5. The summed E-state index contributed by atoms with van der Waals surface area (Å²) < 4.78 is 7.72. The maximum absolute atomic E-state index is 12.3. The lowest BCUT2D eigenvalue weighted by atomic mass is 9.94. The topological polar surface area (TPSA) is 89.1 Å². The Bertz CT molecular complexity index is 869. The summed E-state index contributed by atoms with van der Waals surface area (Å²) in [5, 5.41) is 2.96. The highest BCUT2D eigenvalue weighted by Crippen LogP contribution is 2.26. The molecular weight excluding hydrogens is 332 g/mol. The summed E-state index contributed by atoms with van der Waals surface area (Å²) in [5.41, 5.74) is 1.31. The molecule has 0 bridgehead atoms. The van der Waals surface area contributed by atoms with Crippen LogP contribution in [0.2, 0.25) is 0 Å². The number of piperidine rings is 1. The number of carbonyl (C=O) groups is 1. The lowest BCUT2D eigenvalue weighted by Gasteiger charge is -2.31. The first-order chi connectivity index (χ1) is 12.7. The number of hydrogen-bond acceptors (Lipinski definition) is 6. The van der Waals surface area contributed by atoms with Crippen LogP contribution in [0.4, 0.5) is 6.01 Å². The first-order valence-electron chi connectivity index (χ1n) is 8.88. The summed E-state index contributed by atoms with van der Waals surface area (Å²) in [5.74, 6) is 1.19. The van der Waals surface area contributed by atoms with Gasteiger partial charge in [-0.25, -0.2) is 9.97 Å². The van der Waals surface area contributed by atoms with Crippen molar-refractivity contribution in [2.24, 2.45) is 13.0 Å². The lowest BCUT2D eigenvalue weighted by Crippen LogP contribution is -2.38. The molecule has 8 nitrogen and oxygen atoms in total. The Morgan fingerprint density at radius 1 is 1.38 bits per heavy atom. The fraction of sp³-hybridized carbons (Fsp3) is 0.444. The van der Waals surface area contributed by atoms with Crippen LogP contribution in [-0.2, 0) is 18.4 Å². The lowest BCUT2D eigenvalue weighted by molar-refractivity contribution is -0.122. The van der Waals surface area contributed by atoms with E-state index in [1.165, 1.54) is 0 Å². The Hall–Kier alpha value is -2.90. The normalized spacial score (nSPS) is 17.6. The van der Waals surface area contributed by atoms with Crippen molar-refractivity contribution in [3.05, 3.63) is 36.5 Å². The van der Waals surface area contributed by atoms with Crippen molar-refractivity contribution in [3.63, 3.8) is 0 Å². The maximum atomic E-state index is 12.3. The Morgan fingerprint density at radius 3 is 3.12 bits per heavy atom. The third-order valence-electron chi connectivity index (χ3n) is 4.78. The molecule has 1 N–H and O–H groups in total. The third-order valence-corrected chi connectivity index (χ3v) is 4.78. The molecule has 1 saturated heterocycles. The van der Waals surface area contributed by atoms with Gasteiger partial charge in [-0.1, -0.05) is 0 Å². The molecule has 8 heteroatoms. The van der Waals surface area contributed by atoms with E-state index in [0.29, 0.717) is 30.2 Å². The molecule has 1 unspecified atom stereocenters. The smallest absolute Gasteiger partial charge is 0.299 e. The fourth-order valence-corrected chi connectivity index (χ4v) is 3.38. The van der Waals surface area contributed by atoms with E-state index in [0.717, 1.165) is 31.8 Å². The van der Waals surface area contributed by atoms with Gasteiger partial charge in [0.25, 0.3) is 6.01 Å². The number of nitrogens with zero attached hydrogens (tertiary/aromatic N) is 5. The predicted octanol–water partition coefficient (Wildman–Crippen LogP) is 1.88. The monoisotopic (exact) mass is 354 g/mol. The van der Waals surface area contributed by atoms with E-state index in [-0.39, 0.29) is 11.8 Å². The molecule has 1 aliphatic heterocycles. The van der Waals surface area contributed by atoms with Crippen LogP contribution in [0.5, 0.6) is 0 Å². The number of oxazole rings is 1. The predicted molar refractivity (Wildman–Crippen MR) is 96.4 cm³/mol. The molecule has 0 aromatic carbocycles. The van der Waals surface area contributed by atoms with E-state index >= 15 is 0 Å². The van der Waals surface area contributed by atoms with Gasteiger partial charge >= 0.3 is 0 Å². The molecule has 3 aromatic rings.